The van der Waals surface area contributed by atoms with Gasteiger partial charge in [0.25, 0.3) is 0 Å². The van der Waals surface area contributed by atoms with E-state index in [4.69, 9.17) is 17.3 Å². The lowest BCUT2D eigenvalue weighted by Crippen LogP contribution is -2.01. The number of nitrogens with zero attached hydrogens (tertiary/aromatic N) is 2. The molecule has 2 rings (SSSR count). The molecule has 1 aromatic heterocycles. The molecule has 0 aliphatic rings. The molecule has 0 saturated carbocycles. The third-order valence-corrected chi connectivity index (χ3v) is 4.27. The van der Waals surface area contributed by atoms with Crippen molar-refractivity contribution in [3.05, 3.63) is 40.7 Å². The molecule has 0 amide bonds. The lowest BCUT2D eigenvalue weighted by Gasteiger charge is -2.07. The third kappa shape index (κ3) is 3.45. The van der Waals surface area contributed by atoms with E-state index in [1.54, 1.807) is 11.8 Å². The Morgan fingerprint density at radius 3 is 2.79 bits per heavy atom. The Bertz CT molecular complexity index is 566. The number of nitrogen functional groups attached to an aromatic ring is 1. The van der Waals surface area contributed by atoms with Gasteiger partial charge < -0.3 is 5.73 Å². The van der Waals surface area contributed by atoms with Gasteiger partial charge >= 0.3 is 0 Å². The summed E-state index contributed by atoms with van der Waals surface area (Å²) in [7, 11) is 0. The van der Waals surface area contributed by atoms with Crippen molar-refractivity contribution in [2.45, 2.75) is 37.5 Å². The first kappa shape index (κ1) is 14.3. The lowest BCUT2D eigenvalue weighted by molar-refractivity contribution is 0.628. The van der Waals surface area contributed by atoms with Crippen LogP contribution in [0.4, 0.5) is 5.69 Å². The zero-order valence-electron chi connectivity index (χ0n) is 11.2. The molecule has 1 aromatic carbocycles. The maximum absolute atomic E-state index is 6.00. The summed E-state index contributed by atoms with van der Waals surface area (Å²) >= 11 is 7.69. The maximum Gasteiger partial charge on any atom is 0.0625 e. The molecule has 0 radical (unpaired) electrons. The molecule has 102 valence electrons. The van der Waals surface area contributed by atoms with Gasteiger partial charge in [-0.25, -0.2) is 0 Å². The molecule has 5 heteroatoms. The van der Waals surface area contributed by atoms with E-state index in [1.165, 1.54) is 5.69 Å². The van der Waals surface area contributed by atoms with E-state index in [0.29, 0.717) is 0 Å². The maximum atomic E-state index is 6.00. The second-order valence-electron chi connectivity index (χ2n) is 4.27. The van der Waals surface area contributed by atoms with Crippen molar-refractivity contribution >= 4 is 29.1 Å². The minimum absolute atomic E-state index is 0.718. The van der Waals surface area contributed by atoms with Crippen LogP contribution in [0.1, 0.15) is 25.2 Å². The van der Waals surface area contributed by atoms with Gasteiger partial charge in [-0.05, 0) is 37.6 Å². The number of nitrogens with two attached hydrogens (primary N) is 1. The lowest BCUT2D eigenvalue weighted by atomic mass is 10.3. The zero-order chi connectivity index (χ0) is 13.8. The van der Waals surface area contributed by atoms with Gasteiger partial charge in [0, 0.05) is 33.6 Å². The van der Waals surface area contributed by atoms with Crippen LogP contribution in [0.5, 0.6) is 0 Å². The summed E-state index contributed by atoms with van der Waals surface area (Å²) in [4.78, 5) is 1.02. The largest absolute Gasteiger partial charge is 0.398 e. The summed E-state index contributed by atoms with van der Waals surface area (Å²) in [5, 5.41) is 5.26. The smallest absolute Gasteiger partial charge is 0.0625 e. The standard InChI is InChI=1S/C14H18ClN3S/c1-3-11-8-12(18(4-2)17-11)9-19-14-7-10(15)5-6-13(14)16/h5-8H,3-4,9,16H2,1-2H3. The number of rotatable bonds is 5. The predicted octanol–water partition coefficient (Wildman–Crippen LogP) is 3.99. The van der Waals surface area contributed by atoms with Crippen LogP contribution in [0.15, 0.2) is 29.2 Å². The summed E-state index contributed by atoms with van der Waals surface area (Å²) in [5.41, 5.74) is 9.09. The van der Waals surface area contributed by atoms with Crippen molar-refractivity contribution in [2.24, 2.45) is 0 Å². The second-order valence-corrected chi connectivity index (χ2v) is 5.72. The normalized spacial score (nSPS) is 10.9. The molecule has 0 saturated heterocycles. The molecule has 2 aromatic rings. The number of hydrogen-bond donors (Lipinski definition) is 1. The fraction of sp³-hybridized carbons (Fsp3) is 0.357. The molecular weight excluding hydrogens is 278 g/mol. The third-order valence-electron chi connectivity index (χ3n) is 2.93. The van der Waals surface area contributed by atoms with Crippen molar-refractivity contribution in [3.63, 3.8) is 0 Å². The number of hydrogen-bond acceptors (Lipinski definition) is 3. The van der Waals surface area contributed by atoms with E-state index in [1.807, 2.05) is 22.9 Å². The number of aromatic nitrogens is 2. The van der Waals surface area contributed by atoms with E-state index >= 15 is 0 Å². The van der Waals surface area contributed by atoms with Gasteiger partial charge in [-0.1, -0.05) is 18.5 Å². The quantitative estimate of drug-likeness (QED) is 0.670. The van der Waals surface area contributed by atoms with Crippen molar-refractivity contribution in [3.8, 4) is 0 Å². The van der Waals surface area contributed by atoms with Gasteiger partial charge in [-0.15, -0.1) is 11.8 Å². The van der Waals surface area contributed by atoms with Gasteiger partial charge in [0.1, 0.15) is 0 Å². The highest BCUT2D eigenvalue weighted by atomic mass is 35.5. The van der Waals surface area contributed by atoms with Crippen molar-refractivity contribution in [1.29, 1.82) is 0 Å². The van der Waals surface area contributed by atoms with Crippen LogP contribution in [-0.4, -0.2) is 9.78 Å². The van der Waals surface area contributed by atoms with Crippen LogP contribution in [0.25, 0.3) is 0 Å². The van der Waals surface area contributed by atoms with E-state index in [2.05, 4.69) is 25.0 Å². The highest BCUT2D eigenvalue weighted by molar-refractivity contribution is 7.98. The molecular formula is C14H18ClN3S. The first-order valence-corrected chi connectivity index (χ1v) is 7.73. The van der Waals surface area contributed by atoms with Crippen LogP contribution in [0.2, 0.25) is 5.02 Å². The summed E-state index contributed by atoms with van der Waals surface area (Å²) in [6, 6.07) is 7.73. The molecule has 0 bridgehead atoms. The Morgan fingerprint density at radius 2 is 2.11 bits per heavy atom. The van der Waals surface area contributed by atoms with E-state index in [9.17, 15) is 0 Å². The molecule has 1 heterocycles. The molecule has 19 heavy (non-hydrogen) atoms. The Morgan fingerprint density at radius 1 is 1.32 bits per heavy atom. The Balaban J connectivity index is 2.13. The number of anilines is 1. The van der Waals surface area contributed by atoms with E-state index in [0.717, 1.165) is 40.0 Å². The summed E-state index contributed by atoms with van der Waals surface area (Å²) in [6.45, 7) is 5.11. The van der Waals surface area contributed by atoms with Gasteiger partial charge in [0.2, 0.25) is 0 Å². The number of benzene rings is 1. The van der Waals surface area contributed by atoms with Gasteiger partial charge in [-0.2, -0.15) is 5.10 Å². The average molecular weight is 296 g/mol. The van der Waals surface area contributed by atoms with Crippen molar-refractivity contribution < 1.29 is 0 Å². The first-order valence-electron chi connectivity index (χ1n) is 6.37. The van der Waals surface area contributed by atoms with Crippen molar-refractivity contribution in [2.75, 3.05) is 5.73 Å². The molecule has 0 unspecified atom stereocenters. The van der Waals surface area contributed by atoms with Crippen LogP contribution < -0.4 is 5.73 Å². The summed E-state index contributed by atoms with van der Waals surface area (Å²) in [6.07, 6.45) is 0.962. The number of thioether (sulfide) groups is 1. The van der Waals surface area contributed by atoms with E-state index < -0.39 is 0 Å². The van der Waals surface area contributed by atoms with Crippen LogP contribution in [0, 0.1) is 0 Å². The zero-order valence-corrected chi connectivity index (χ0v) is 12.8. The number of halogens is 1. The highest BCUT2D eigenvalue weighted by Gasteiger charge is 2.08. The van der Waals surface area contributed by atoms with Crippen LogP contribution in [-0.2, 0) is 18.7 Å². The molecule has 0 aliphatic heterocycles. The number of aryl methyl sites for hydroxylation is 2. The van der Waals surface area contributed by atoms with Crippen LogP contribution >= 0.6 is 23.4 Å². The fourth-order valence-corrected chi connectivity index (χ4v) is 3.08. The fourth-order valence-electron chi connectivity index (χ4n) is 1.86. The Labute approximate surface area is 123 Å². The molecule has 3 nitrogen and oxygen atoms in total. The Hall–Kier alpha value is -1.13. The average Bonchev–Trinajstić information content (AvgIpc) is 2.82. The summed E-state index contributed by atoms with van der Waals surface area (Å²) in [5.74, 6) is 0.853. The molecule has 0 spiro atoms. The Kier molecular flexibility index (Phi) is 4.77. The highest BCUT2D eigenvalue weighted by Crippen LogP contribution is 2.30. The first-order chi connectivity index (χ1) is 9.13. The van der Waals surface area contributed by atoms with E-state index in [-0.39, 0.29) is 0 Å². The topological polar surface area (TPSA) is 43.8 Å². The monoisotopic (exact) mass is 295 g/mol. The molecule has 2 N–H and O–H groups in total. The molecule has 0 atom stereocenters. The van der Waals surface area contributed by atoms with Crippen molar-refractivity contribution in [1.82, 2.24) is 9.78 Å². The summed E-state index contributed by atoms with van der Waals surface area (Å²) < 4.78 is 2.05. The minimum Gasteiger partial charge on any atom is -0.398 e. The van der Waals surface area contributed by atoms with Crippen LogP contribution in [0.3, 0.4) is 0 Å². The SMILES string of the molecule is CCc1cc(CSc2cc(Cl)ccc2N)n(CC)n1. The van der Waals surface area contributed by atoms with Gasteiger partial charge in [0.15, 0.2) is 0 Å². The van der Waals surface area contributed by atoms with Gasteiger partial charge in [-0.3, -0.25) is 4.68 Å². The predicted molar refractivity (Wildman–Crippen MR) is 82.7 cm³/mol. The minimum atomic E-state index is 0.718. The molecule has 0 aliphatic carbocycles. The van der Waals surface area contributed by atoms with Gasteiger partial charge in [0.05, 0.1) is 5.69 Å². The second kappa shape index (κ2) is 6.35. The molecule has 0 fully saturated rings.